The summed E-state index contributed by atoms with van der Waals surface area (Å²) in [4.78, 5) is 30.1. The van der Waals surface area contributed by atoms with Crippen LogP contribution in [0.4, 0.5) is 0 Å². The van der Waals surface area contributed by atoms with Gasteiger partial charge in [-0.15, -0.1) is 0 Å². The molecule has 1 aliphatic heterocycles. The number of carbonyl (C=O) groups excluding carboxylic acids is 2. The second kappa shape index (κ2) is 12.6. The van der Waals surface area contributed by atoms with E-state index in [4.69, 9.17) is 23.2 Å². The maximum atomic E-state index is 14.3. The number of carbonyl (C=O) groups is 2. The summed E-state index contributed by atoms with van der Waals surface area (Å²) in [5.41, 5.74) is 1.97. The third kappa shape index (κ3) is 6.41. The molecule has 2 N–H and O–H groups in total. The molecule has 12 heteroatoms. The first-order valence-corrected chi connectivity index (χ1v) is 16.5. The van der Waals surface area contributed by atoms with Crippen molar-refractivity contribution in [1.29, 1.82) is 0 Å². The zero-order chi connectivity index (χ0) is 30.0. The molecule has 0 radical (unpaired) electrons. The molecule has 2 aromatic carbocycles. The molecule has 5 rings (SSSR count). The van der Waals surface area contributed by atoms with Gasteiger partial charge in [0.05, 0.1) is 24.6 Å². The van der Waals surface area contributed by atoms with Crippen molar-refractivity contribution in [3.8, 4) is 0 Å². The smallest absolute Gasteiger partial charge is 0.255 e. The number of fused-ring (bicyclic) bond motifs is 1. The van der Waals surface area contributed by atoms with Crippen molar-refractivity contribution in [2.45, 2.75) is 56.1 Å². The maximum Gasteiger partial charge on any atom is 0.255 e. The lowest BCUT2D eigenvalue weighted by Gasteiger charge is -2.49. The first-order valence-electron chi connectivity index (χ1n) is 13.8. The molecule has 0 saturated heterocycles. The van der Waals surface area contributed by atoms with Crippen LogP contribution in [0.2, 0.25) is 10.0 Å². The van der Waals surface area contributed by atoms with E-state index in [9.17, 15) is 23.2 Å². The summed E-state index contributed by atoms with van der Waals surface area (Å²) >= 11 is 13.0. The van der Waals surface area contributed by atoms with E-state index in [-0.39, 0.29) is 18.4 Å². The van der Waals surface area contributed by atoms with Gasteiger partial charge in [-0.25, -0.2) is 13.1 Å². The molecule has 1 aliphatic carbocycles. The summed E-state index contributed by atoms with van der Waals surface area (Å²) in [5.74, 6) is -1.50. The van der Waals surface area contributed by atoms with Crippen molar-refractivity contribution in [3.05, 3.63) is 104 Å². The van der Waals surface area contributed by atoms with Crippen LogP contribution < -0.4 is 14.8 Å². The van der Waals surface area contributed by atoms with Crippen LogP contribution in [0.15, 0.2) is 66.9 Å². The highest BCUT2D eigenvalue weighted by molar-refractivity contribution is 7.88. The molecule has 2 heterocycles. The summed E-state index contributed by atoms with van der Waals surface area (Å²) in [5, 5.41) is 15.8. The third-order valence-electron chi connectivity index (χ3n) is 7.98. The zero-order valence-electron chi connectivity index (χ0n) is 23.0. The quantitative estimate of drug-likeness (QED) is 0.286. The van der Waals surface area contributed by atoms with Gasteiger partial charge in [0.2, 0.25) is 15.9 Å². The lowest BCUT2D eigenvalue weighted by molar-refractivity contribution is -0.613. The Hall–Kier alpha value is -3.18. The molecule has 1 fully saturated rings. The van der Waals surface area contributed by atoms with Gasteiger partial charge in [-0.3, -0.25) is 9.59 Å². The Morgan fingerprint density at radius 2 is 1.79 bits per heavy atom. The Morgan fingerprint density at radius 1 is 1.05 bits per heavy atom. The topological polar surface area (TPSA) is 123 Å². The van der Waals surface area contributed by atoms with Gasteiger partial charge >= 0.3 is 0 Å². The van der Waals surface area contributed by atoms with E-state index >= 15 is 0 Å². The Morgan fingerprint density at radius 3 is 2.52 bits per heavy atom. The summed E-state index contributed by atoms with van der Waals surface area (Å²) in [6.45, 7) is 0.195. The predicted octanol–water partition coefficient (Wildman–Crippen LogP) is 4.13. The minimum atomic E-state index is -3.58. The highest BCUT2D eigenvalue weighted by Gasteiger charge is 2.49. The van der Waals surface area contributed by atoms with E-state index in [1.807, 2.05) is 0 Å². The number of sulfonamides is 1. The fourth-order valence-electron chi connectivity index (χ4n) is 6.21. The number of aromatic nitrogens is 1. The van der Waals surface area contributed by atoms with Crippen molar-refractivity contribution in [3.63, 3.8) is 0 Å². The molecule has 42 heavy (non-hydrogen) atoms. The lowest BCUT2D eigenvalue weighted by Crippen LogP contribution is -2.59. The molecule has 0 bridgehead atoms. The Kier molecular flexibility index (Phi) is 9.08. The molecule has 1 saturated carbocycles. The molecular weight excluding hydrogens is 599 g/mol. The van der Waals surface area contributed by atoms with Crippen LogP contribution in [0.1, 0.15) is 64.8 Å². The van der Waals surface area contributed by atoms with Gasteiger partial charge in [0.15, 0.2) is 11.9 Å². The fraction of sp³-hybridized carbons (Fsp3) is 0.367. The first-order chi connectivity index (χ1) is 20.0. The van der Waals surface area contributed by atoms with Gasteiger partial charge in [0, 0.05) is 46.4 Å². The predicted molar refractivity (Wildman–Crippen MR) is 161 cm³/mol. The van der Waals surface area contributed by atoms with Gasteiger partial charge < -0.3 is 15.4 Å². The summed E-state index contributed by atoms with van der Waals surface area (Å²) < 4.78 is 28.2. The largest absolute Gasteiger partial charge is 0.619 e. The molecule has 0 spiro atoms. The van der Waals surface area contributed by atoms with Crippen LogP contribution >= 0.6 is 23.2 Å². The number of amides is 2. The van der Waals surface area contributed by atoms with Gasteiger partial charge in [-0.05, 0) is 42.2 Å². The minimum Gasteiger partial charge on any atom is -0.619 e. The molecule has 9 nitrogen and oxygen atoms in total. The summed E-state index contributed by atoms with van der Waals surface area (Å²) in [7, 11) is -3.58. The Labute approximate surface area is 255 Å². The average molecular weight is 632 g/mol. The van der Waals surface area contributed by atoms with Crippen LogP contribution in [-0.4, -0.2) is 50.0 Å². The van der Waals surface area contributed by atoms with E-state index in [2.05, 4.69) is 10.0 Å². The van der Waals surface area contributed by atoms with Crippen LogP contribution in [0.3, 0.4) is 0 Å². The van der Waals surface area contributed by atoms with Gasteiger partial charge in [0.25, 0.3) is 5.91 Å². The molecule has 4 atom stereocenters. The van der Waals surface area contributed by atoms with Crippen molar-refractivity contribution >= 4 is 45.0 Å². The zero-order valence-corrected chi connectivity index (χ0v) is 25.3. The van der Waals surface area contributed by atoms with Gasteiger partial charge in [0.1, 0.15) is 0 Å². The molecule has 0 unspecified atom stereocenters. The number of pyridine rings is 1. The second-order valence-electron chi connectivity index (χ2n) is 10.8. The molecular formula is C30H32Cl2N4O5S. The van der Waals surface area contributed by atoms with Gasteiger partial charge in [-0.2, -0.15) is 4.73 Å². The number of rotatable bonds is 8. The summed E-state index contributed by atoms with van der Waals surface area (Å²) in [6.07, 6.45) is 5.51. The first kappa shape index (κ1) is 30.3. The SMILES string of the molecule is CS(=O)(=O)N[C@H]1CCCC[C@@H]1N1C(=O)c2ccccc2[C@@H](C(=O)NCCc2cccc[n+]2[O-])[C@@H]1c1ccc(Cl)cc1Cl. The van der Waals surface area contributed by atoms with Crippen LogP contribution in [0.5, 0.6) is 0 Å². The third-order valence-corrected chi connectivity index (χ3v) is 9.27. The molecule has 3 aromatic rings. The van der Waals surface area contributed by atoms with E-state index in [1.54, 1.807) is 65.6 Å². The number of halogens is 2. The number of hydrogen-bond donors (Lipinski definition) is 2. The monoisotopic (exact) mass is 630 g/mol. The molecule has 2 aliphatic rings. The standard InChI is InChI=1S/C30H32Cl2N4O5S/c1-42(40,41)34-25-11-4-5-12-26(25)36-28(23-14-13-19(31)18-24(23)32)27(21-9-2-3-10-22(21)30(36)38)29(37)33-16-15-20-8-6-7-17-35(20)39/h2-3,6-10,13-14,17-18,25-28,34H,4-5,11-12,15-16H2,1H3,(H,33,37)/t25-,26-,27+,28-/m0/s1. The highest BCUT2D eigenvalue weighted by atomic mass is 35.5. The van der Waals surface area contributed by atoms with E-state index in [0.717, 1.165) is 23.8 Å². The molecule has 2 amide bonds. The average Bonchev–Trinajstić information content (AvgIpc) is 2.94. The minimum absolute atomic E-state index is 0.195. The van der Waals surface area contributed by atoms with Gasteiger partial charge in [-0.1, -0.05) is 66.4 Å². The van der Waals surface area contributed by atoms with Crippen LogP contribution in [-0.2, 0) is 21.2 Å². The number of nitrogens with zero attached hydrogens (tertiary/aromatic N) is 2. The van der Waals surface area contributed by atoms with Crippen LogP contribution in [0.25, 0.3) is 0 Å². The fourth-order valence-corrected chi connectivity index (χ4v) is 7.55. The van der Waals surface area contributed by atoms with E-state index < -0.39 is 34.1 Å². The highest BCUT2D eigenvalue weighted by Crippen LogP contribution is 2.47. The van der Waals surface area contributed by atoms with E-state index in [1.165, 1.54) is 6.20 Å². The number of nitrogens with one attached hydrogen (secondary N) is 2. The Balaban J connectivity index is 1.60. The van der Waals surface area contributed by atoms with Crippen molar-refractivity contribution in [2.24, 2.45) is 0 Å². The number of benzene rings is 2. The Bertz CT molecular complexity index is 1600. The number of hydrogen-bond acceptors (Lipinski definition) is 5. The molecule has 222 valence electrons. The summed E-state index contributed by atoms with van der Waals surface area (Å²) in [6, 6.07) is 15.1. The molecule has 1 aromatic heterocycles. The van der Waals surface area contributed by atoms with Crippen molar-refractivity contribution in [2.75, 3.05) is 12.8 Å². The lowest BCUT2D eigenvalue weighted by atomic mass is 9.76. The van der Waals surface area contributed by atoms with Crippen LogP contribution in [0, 0.1) is 5.21 Å². The van der Waals surface area contributed by atoms with E-state index in [0.29, 0.717) is 51.7 Å². The van der Waals surface area contributed by atoms with Crippen molar-refractivity contribution in [1.82, 2.24) is 14.9 Å². The normalized spacial score (nSPS) is 22.5. The van der Waals surface area contributed by atoms with Crippen molar-refractivity contribution < 1.29 is 22.7 Å². The second-order valence-corrected chi connectivity index (χ2v) is 13.4. The maximum absolute atomic E-state index is 14.3.